The van der Waals surface area contributed by atoms with Gasteiger partial charge >= 0.3 is 0 Å². The van der Waals surface area contributed by atoms with E-state index in [0.29, 0.717) is 16.9 Å². The van der Waals surface area contributed by atoms with E-state index in [1.165, 1.54) is 13.2 Å². The Labute approximate surface area is 163 Å². The number of sulfonamides is 1. The first-order valence-electron chi connectivity index (χ1n) is 8.47. The third-order valence-electron chi connectivity index (χ3n) is 4.71. The smallest absolute Gasteiger partial charge is 0.265 e. The summed E-state index contributed by atoms with van der Waals surface area (Å²) < 4.78 is 32.2. The van der Waals surface area contributed by atoms with Crippen LogP contribution in [0.1, 0.15) is 15.9 Å². The van der Waals surface area contributed by atoms with Crippen molar-refractivity contribution in [3.05, 3.63) is 71.1 Å². The fourth-order valence-corrected chi connectivity index (χ4v) is 4.83. The van der Waals surface area contributed by atoms with Crippen LogP contribution in [0.2, 0.25) is 0 Å². The highest BCUT2D eigenvalue weighted by molar-refractivity contribution is 7.89. The number of methoxy groups -OCH3 is 1. The van der Waals surface area contributed by atoms with Crippen LogP contribution in [-0.2, 0) is 10.0 Å². The van der Waals surface area contributed by atoms with E-state index in [2.05, 4.69) is 0 Å². The minimum atomic E-state index is -3.99. The monoisotopic (exact) mass is 397 g/mol. The number of ether oxygens (including phenoxy) is 1. The lowest BCUT2D eigenvalue weighted by atomic mass is 9.93. The third-order valence-corrected chi connectivity index (χ3v) is 6.65. The van der Waals surface area contributed by atoms with Crippen LogP contribution in [0, 0.1) is 24.2 Å². The molecule has 0 amide bonds. The number of rotatable bonds is 5. The van der Waals surface area contributed by atoms with Crippen molar-refractivity contribution >= 4 is 15.8 Å². The second-order valence-corrected chi connectivity index (χ2v) is 8.19. The predicted octanol–water partition coefficient (Wildman–Crippen LogP) is 2.20. The maximum atomic E-state index is 13.1. The van der Waals surface area contributed by atoms with E-state index in [9.17, 15) is 18.5 Å². The number of hydrogen-bond donors (Lipinski definition) is 1. The fraction of sp³-hybridized carbons (Fsp3) is 0.200. The minimum Gasteiger partial charge on any atom is -0.497 e. The lowest BCUT2D eigenvalue weighted by molar-refractivity contribution is 0.0942. The molecule has 0 radical (unpaired) electrons. The van der Waals surface area contributed by atoms with E-state index < -0.39 is 15.9 Å². The van der Waals surface area contributed by atoms with Crippen LogP contribution in [-0.4, -0.2) is 32.2 Å². The molecule has 1 aliphatic heterocycles. The first kappa shape index (κ1) is 19.5. The Balaban J connectivity index is 1.98. The van der Waals surface area contributed by atoms with E-state index in [1.807, 2.05) is 6.07 Å². The van der Waals surface area contributed by atoms with Gasteiger partial charge in [0.25, 0.3) is 10.0 Å². The molecule has 1 atom stereocenters. The summed E-state index contributed by atoms with van der Waals surface area (Å²) in [7, 11) is -2.48. The normalized spacial score (nSPS) is 16.8. The molecule has 8 heteroatoms. The summed E-state index contributed by atoms with van der Waals surface area (Å²) in [5.74, 6) is -0.957. The average Bonchev–Trinajstić information content (AvgIpc) is 3.04. The molecule has 7 nitrogen and oxygen atoms in total. The molecular weight excluding hydrogens is 378 g/mol. The van der Waals surface area contributed by atoms with E-state index in [-0.39, 0.29) is 28.6 Å². The fourth-order valence-electron chi connectivity index (χ4n) is 3.17. The van der Waals surface area contributed by atoms with Gasteiger partial charge in [0.1, 0.15) is 11.6 Å². The molecule has 28 heavy (non-hydrogen) atoms. The van der Waals surface area contributed by atoms with Gasteiger partial charge in [0.15, 0.2) is 5.78 Å². The minimum absolute atomic E-state index is 0.0435. The Hall–Kier alpha value is -3.31. The first-order valence-corrected chi connectivity index (χ1v) is 9.91. The highest BCUT2D eigenvalue weighted by Crippen LogP contribution is 2.33. The maximum Gasteiger partial charge on any atom is 0.265 e. The van der Waals surface area contributed by atoms with Crippen LogP contribution >= 0.6 is 0 Å². The molecule has 0 fully saturated rings. The molecule has 0 saturated carbocycles. The zero-order valence-corrected chi connectivity index (χ0v) is 16.2. The molecule has 2 aromatic rings. The zero-order chi connectivity index (χ0) is 20.5. The molecule has 0 spiro atoms. The van der Waals surface area contributed by atoms with Gasteiger partial charge in [-0.1, -0.05) is 18.2 Å². The summed E-state index contributed by atoms with van der Waals surface area (Å²) in [5.41, 5.74) is 6.85. The van der Waals surface area contributed by atoms with Crippen molar-refractivity contribution in [2.75, 3.05) is 13.7 Å². The Kier molecular flexibility index (Phi) is 5.12. The standard InChI is InChI=1S/C20H19N3O4S/c1-13-5-3-4-6-18(13)28(25,26)23-12-17(16(11-21)20(23)22)19(24)14-7-9-15(27-2)10-8-14/h3-10,17H,12,22H2,1-2H3. The summed E-state index contributed by atoms with van der Waals surface area (Å²) in [5, 5.41) is 9.51. The Morgan fingerprint density at radius 2 is 1.86 bits per heavy atom. The average molecular weight is 397 g/mol. The van der Waals surface area contributed by atoms with Gasteiger partial charge in [-0.3, -0.25) is 4.79 Å². The van der Waals surface area contributed by atoms with E-state index in [1.54, 1.807) is 49.4 Å². The van der Waals surface area contributed by atoms with E-state index in [4.69, 9.17) is 10.5 Å². The Bertz CT molecular complexity index is 1100. The van der Waals surface area contributed by atoms with Crippen LogP contribution in [0.4, 0.5) is 0 Å². The summed E-state index contributed by atoms with van der Waals surface area (Å²) in [6, 6.07) is 14.8. The number of hydrogen-bond acceptors (Lipinski definition) is 6. The second-order valence-electron chi connectivity index (χ2n) is 6.36. The van der Waals surface area contributed by atoms with Crippen LogP contribution < -0.4 is 10.5 Å². The van der Waals surface area contributed by atoms with Crippen molar-refractivity contribution in [2.45, 2.75) is 11.8 Å². The van der Waals surface area contributed by atoms with Crippen LogP contribution in [0.25, 0.3) is 0 Å². The molecule has 2 N–H and O–H groups in total. The number of carbonyl (C=O) groups is 1. The molecule has 1 unspecified atom stereocenters. The van der Waals surface area contributed by atoms with Crippen molar-refractivity contribution in [3.63, 3.8) is 0 Å². The number of nitrogens with zero attached hydrogens (tertiary/aromatic N) is 2. The first-order chi connectivity index (χ1) is 13.3. The second kappa shape index (κ2) is 7.37. The molecule has 0 bridgehead atoms. The van der Waals surface area contributed by atoms with Gasteiger partial charge in [0.05, 0.1) is 36.1 Å². The van der Waals surface area contributed by atoms with Gasteiger partial charge in [-0.15, -0.1) is 0 Å². The number of ketones is 1. The summed E-state index contributed by atoms with van der Waals surface area (Å²) in [6.07, 6.45) is 0. The Morgan fingerprint density at radius 1 is 1.21 bits per heavy atom. The molecule has 0 aromatic heterocycles. The van der Waals surface area contributed by atoms with Crippen molar-refractivity contribution in [1.29, 1.82) is 5.26 Å². The van der Waals surface area contributed by atoms with Gasteiger partial charge in [-0.25, -0.2) is 12.7 Å². The van der Waals surface area contributed by atoms with Gasteiger partial charge in [-0.05, 0) is 42.8 Å². The van der Waals surface area contributed by atoms with Crippen LogP contribution in [0.5, 0.6) is 5.75 Å². The van der Waals surface area contributed by atoms with Crippen LogP contribution in [0.15, 0.2) is 64.8 Å². The van der Waals surface area contributed by atoms with Gasteiger partial charge in [-0.2, -0.15) is 5.26 Å². The summed E-state index contributed by atoms with van der Waals surface area (Å²) in [4.78, 5) is 13.0. The van der Waals surface area contributed by atoms with Crippen molar-refractivity contribution in [1.82, 2.24) is 4.31 Å². The highest BCUT2D eigenvalue weighted by Gasteiger charge is 2.41. The SMILES string of the molecule is COc1ccc(C(=O)C2CN(S(=O)(=O)c3ccccc3C)C(N)=C2C#N)cc1. The summed E-state index contributed by atoms with van der Waals surface area (Å²) in [6.45, 7) is 1.46. The summed E-state index contributed by atoms with van der Waals surface area (Å²) >= 11 is 0. The molecule has 0 aliphatic carbocycles. The van der Waals surface area contributed by atoms with Gasteiger partial charge in [0, 0.05) is 5.56 Å². The van der Waals surface area contributed by atoms with E-state index >= 15 is 0 Å². The van der Waals surface area contributed by atoms with Crippen molar-refractivity contribution < 1.29 is 17.9 Å². The number of benzene rings is 2. The topological polar surface area (TPSA) is 113 Å². The third kappa shape index (κ3) is 3.21. The van der Waals surface area contributed by atoms with Gasteiger partial charge in [0.2, 0.25) is 0 Å². The molecule has 1 aliphatic rings. The molecule has 3 rings (SSSR count). The maximum absolute atomic E-state index is 13.1. The molecule has 2 aromatic carbocycles. The zero-order valence-electron chi connectivity index (χ0n) is 15.4. The van der Waals surface area contributed by atoms with Crippen molar-refractivity contribution in [2.24, 2.45) is 11.7 Å². The number of Topliss-reactive ketones (excluding diaryl/α,β-unsaturated/α-hetero) is 1. The number of nitriles is 1. The number of carbonyl (C=O) groups excluding carboxylic acids is 1. The number of nitrogens with two attached hydrogens (primary N) is 1. The lowest BCUT2D eigenvalue weighted by Gasteiger charge is -2.21. The van der Waals surface area contributed by atoms with Gasteiger partial charge < -0.3 is 10.5 Å². The largest absolute Gasteiger partial charge is 0.497 e. The predicted molar refractivity (Wildman–Crippen MR) is 103 cm³/mol. The molecular formula is C20H19N3O4S. The quantitative estimate of drug-likeness (QED) is 0.774. The molecule has 1 heterocycles. The van der Waals surface area contributed by atoms with Crippen molar-refractivity contribution in [3.8, 4) is 11.8 Å². The lowest BCUT2D eigenvalue weighted by Crippen LogP contribution is -2.34. The number of aryl methyl sites for hydroxylation is 1. The highest BCUT2D eigenvalue weighted by atomic mass is 32.2. The molecule has 144 valence electrons. The van der Waals surface area contributed by atoms with E-state index in [0.717, 1.165) is 4.31 Å². The van der Waals surface area contributed by atoms with Crippen LogP contribution in [0.3, 0.4) is 0 Å². The molecule has 0 saturated heterocycles. The Morgan fingerprint density at radius 3 is 2.43 bits per heavy atom.